The molecule has 0 saturated heterocycles. The van der Waals surface area contributed by atoms with Crippen LogP contribution in [-0.4, -0.2) is 42.1 Å². The SMILES string of the molecule is COC1=CC(C2(CS(=O)(=O)O)Cc3ccccc3N2)=NC1=Cc1[nH]c(C)cc1C. The van der Waals surface area contributed by atoms with E-state index in [-0.39, 0.29) is 0 Å². The molecule has 0 aliphatic carbocycles. The second-order valence-electron chi connectivity index (χ2n) is 7.56. The lowest BCUT2D eigenvalue weighted by molar-refractivity contribution is 0.303. The Balaban J connectivity index is 1.79. The van der Waals surface area contributed by atoms with E-state index < -0.39 is 21.4 Å². The number of ether oxygens (including phenoxy) is 1. The maximum atomic E-state index is 11.9. The van der Waals surface area contributed by atoms with Gasteiger partial charge in [0.25, 0.3) is 10.1 Å². The Kier molecular flexibility index (Phi) is 4.63. The van der Waals surface area contributed by atoms with Crippen molar-refractivity contribution >= 4 is 27.6 Å². The Morgan fingerprint density at radius 1 is 1.31 bits per heavy atom. The number of aryl methyl sites for hydroxylation is 2. The molecule has 0 radical (unpaired) electrons. The van der Waals surface area contributed by atoms with Crippen molar-refractivity contribution in [1.29, 1.82) is 0 Å². The molecule has 1 aromatic carbocycles. The van der Waals surface area contributed by atoms with E-state index >= 15 is 0 Å². The summed E-state index contributed by atoms with van der Waals surface area (Å²) in [6.45, 7) is 3.98. The third-order valence-electron chi connectivity index (χ3n) is 5.25. The van der Waals surface area contributed by atoms with Crippen LogP contribution in [0.2, 0.25) is 0 Å². The minimum Gasteiger partial charge on any atom is -0.494 e. The van der Waals surface area contributed by atoms with Gasteiger partial charge in [0.2, 0.25) is 0 Å². The predicted octanol–water partition coefficient (Wildman–Crippen LogP) is 3.25. The van der Waals surface area contributed by atoms with Gasteiger partial charge < -0.3 is 15.0 Å². The number of aliphatic imine (C=N–C) groups is 1. The van der Waals surface area contributed by atoms with E-state index in [2.05, 4.69) is 10.3 Å². The highest BCUT2D eigenvalue weighted by Gasteiger charge is 2.45. The number of para-hydroxylation sites is 1. The van der Waals surface area contributed by atoms with E-state index in [1.54, 1.807) is 13.2 Å². The summed E-state index contributed by atoms with van der Waals surface area (Å²) in [6.07, 6.45) is 4.01. The average Bonchev–Trinajstić information content (AvgIpc) is 3.29. The zero-order valence-corrected chi connectivity index (χ0v) is 17.3. The summed E-state index contributed by atoms with van der Waals surface area (Å²) >= 11 is 0. The van der Waals surface area contributed by atoms with Gasteiger partial charge in [0, 0.05) is 29.6 Å². The molecular formula is C21H23N3O4S. The van der Waals surface area contributed by atoms with Crippen molar-refractivity contribution in [1.82, 2.24) is 4.98 Å². The minimum atomic E-state index is -4.26. The van der Waals surface area contributed by atoms with Crippen molar-refractivity contribution in [2.45, 2.75) is 25.8 Å². The van der Waals surface area contributed by atoms with Gasteiger partial charge in [0.1, 0.15) is 22.7 Å². The number of nitrogens with one attached hydrogen (secondary N) is 2. The smallest absolute Gasteiger partial charge is 0.267 e. The topological polar surface area (TPSA) is 104 Å². The molecule has 29 heavy (non-hydrogen) atoms. The van der Waals surface area contributed by atoms with Gasteiger partial charge >= 0.3 is 0 Å². The van der Waals surface area contributed by atoms with Crippen LogP contribution in [0.3, 0.4) is 0 Å². The highest BCUT2D eigenvalue weighted by molar-refractivity contribution is 7.85. The first-order chi connectivity index (χ1) is 13.7. The van der Waals surface area contributed by atoms with Crippen molar-refractivity contribution in [3.63, 3.8) is 0 Å². The molecule has 1 aromatic heterocycles. The fourth-order valence-corrected chi connectivity index (χ4v) is 4.96. The van der Waals surface area contributed by atoms with Crippen LogP contribution in [0, 0.1) is 13.8 Å². The first-order valence-corrected chi connectivity index (χ1v) is 10.8. The molecule has 152 valence electrons. The number of benzene rings is 1. The molecule has 3 N–H and O–H groups in total. The van der Waals surface area contributed by atoms with Crippen molar-refractivity contribution in [2.24, 2.45) is 4.99 Å². The third kappa shape index (κ3) is 3.73. The second kappa shape index (κ2) is 6.89. The summed E-state index contributed by atoms with van der Waals surface area (Å²) in [6, 6.07) is 9.64. The molecule has 8 heteroatoms. The fourth-order valence-electron chi connectivity index (χ4n) is 4.01. The van der Waals surface area contributed by atoms with Crippen LogP contribution in [0.1, 0.15) is 22.5 Å². The van der Waals surface area contributed by atoms with E-state index in [9.17, 15) is 13.0 Å². The summed E-state index contributed by atoms with van der Waals surface area (Å²) < 4.78 is 38.9. The van der Waals surface area contributed by atoms with Crippen molar-refractivity contribution in [2.75, 3.05) is 18.2 Å². The lowest BCUT2D eigenvalue weighted by atomic mass is 9.91. The molecule has 0 saturated carbocycles. The standard InChI is InChI=1S/C21H23N3O4S/c1-13-8-14(2)22-17(13)9-18-19(28-3)10-20(23-18)21(12-29(25,26)27)11-15-6-4-5-7-16(15)24-21/h4-10,22,24H,11-12H2,1-3H3,(H,25,26,27). The van der Waals surface area contributed by atoms with Crippen molar-refractivity contribution in [3.05, 3.63) is 70.4 Å². The van der Waals surface area contributed by atoms with Crippen LogP contribution in [-0.2, 0) is 21.3 Å². The molecule has 2 aliphatic heterocycles. The van der Waals surface area contributed by atoms with Crippen LogP contribution in [0.15, 0.2) is 52.9 Å². The van der Waals surface area contributed by atoms with E-state index in [0.29, 0.717) is 23.6 Å². The highest BCUT2D eigenvalue weighted by Crippen LogP contribution is 2.38. The number of hydrogen-bond acceptors (Lipinski definition) is 5. The molecule has 0 bridgehead atoms. The maximum Gasteiger partial charge on any atom is 0.267 e. The first-order valence-electron chi connectivity index (χ1n) is 9.23. The molecule has 1 unspecified atom stereocenters. The monoisotopic (exact) mass is 413 g/mol. The quantitative estimate of drug-likeness (QED) is 0.653. The number of aromatic amines is 1. The Morgan fingerprint density at radius 3 is 2.69 bits per heavy atom. The van der Waals surface area contributed by atoms with Crippen LogP contribution in [0.4, 0.5) is 5.69 Å². The van der Waals surface area contributed by atoms with Crippen LogP contribution < -0.4 is 5.32 Å². The Bertz CT molecular complexity index is 1150. The average molecular weight is 413 g/mol. The van der Waals surface area contributed by atoms with Crippen LogP contribution in [0.5, 0.6) is 0 Å². The number of nitrogens with zero attached hydrogens (tertiary/aromatic N) is 1. The number of H-pyrrole nitrogens is 1. The van der Waals surface area contributed by atoms with E-state index in [1.165, 1.54) is 0 Å². The summed E-state index contributed by atoms with van der Waals surface area (Å²) in [5.74, 6) is 0.0497. The molecule has 7 nitrogen and oxygen atoms in total. The molecule has 0 spiro atoms. The highest BCUT2D eigenvalue weighted by atomic mass is 32.2. The second-order valence-corrected chi connectivity index (χ2v) is 9.01. The number of rotatable bonds is 5. The van der Waals surface area contributed by atoms with E-state index in [4.69, 9.17) is 9.73 Å². The summed E-state index contributed by atoms with van der Waals surface area (Å²) in [4.78, 5) is 7.99. The molecule has 1 atom stereocenters. The Morgan fingerprint density at radius 2 is 2.07 bits per heavy atom. The molecule has 2 aliphatic rings. The Hall–Kier alpha value is -2.84. The van der Waals surface area contributed by atoms with Gasteiger partial charge in [-0.1, -0.05) is 18.2 Å². The molecule has 4 rings (SSSR count). The number of hydrogen-bond donors (Lipinski definition) is 3. The zero-order chi connectivity index (χ0) is 20.8. The van der Waals surface area contributed by atoms with Gasteiger partial charge in [-0.3, -0.25) is 4.55 Å². The molecule has 3 heterocycles. The largest absolute Gasteiger partial charge is 0.494 e. The van der Waals surface area contributed by atoms with Crippen LogP contribution >= 0.6 is 0 Å². The van der Waals surface area contributed by atoms with Gasteiger partial charge in [-0.05, 0) is 43.2 Å². The number of aromatic nitrogens is 1. The third-order valence-corrected chi connectivity index (χ3v) is 6.11. The predicted molar refractivity (Wildman–Crippen MR) is 114 cm³/mol. The minimum absolute atomic E-state index is 0.392. The van der Waals surface area contributed by atoms with Gasteiger partial charge in [-0.15, -0.1) is 0 Å². The van der Waals surface area contributed by atoms with Gasteiger partial charge in [0.15, 0.2) is 0 Å². The lowest BCUT2D eigenvalue weighted by Gasteiger charge is -2.28. The molecule has 0 amide bonds. The number of fused-ring (bicyclic) bond motifs is 1. The maximum absolute atomic E-state index is 11.9. The molecule has 2 aromatic rings. The Labute approximate surface area is 170 Å². The fraction of sp³-hybridized carbons (Fsp3) is 0.286. The van der Waals surface area contributed by atoms with Gasteiger partial charge in [0.05, 0.1) is 12.8 Å². The summed E-state index contributed by atoms with van der Waals surface area (Å²) in [5, 5.41) is 3.29. The normalized spacial score (nSPS) is 22.3. The van der Waals surface area contributed by atoms with E-state index in [0.717, 1.165) is 28.2 Å². The first kappa shape index (κ1) is 19.5. The lowest BCUT2D eigenvalue weighted by Crippen LogP contribution is -2.49. The summed E-state index contributed by atoms with van der Waals surface area (Å²) in [5.41, 5.74) is 4.87. The van der Waals surface area contributed by atoms with Gasteiger partial charge in [-0.2, -0.15) is 8.42 Å². The zero-order valence-electron chi connectivity index (χ0n) is 16.5. The summed E-state index contributed by atoms with van der Waals surface area (Å²) in [7, 11) is -2.71. The van der Waals surface area contributed by atoms with E-state index in [1.807, 2.05) is 50.3 Å². The molecular weight excluding hydrogens is 390 g/mol. The molecule has 0 fully saturated rings. The number of methoxy groups -OCH3 is 1. The number of anilines is 1. The van der Waals surface area contributed by atoms with Crippen molar-refractivity contribution < 1.29 is 17.7 Å². The van der Waals surface area contributed by atoms with Gasteiger partial charge in [-0.25, -0.2) is 4.99 Å². The van der Waals surface area contributed by atoms with Crippen molar-refractivity contribution in [3.8, 4) is 0 Å². The van der Waals surface area contributed by atoms with Crippen LogP contribution in [0.25, 0.3) is 6.08 Å².